The number of carbonyl (C=O) groups is 2. The fourth-order valence-corrected chi connectivity index (χ4v) is 2.44. The van der Waals surface area contributed by atoms with Crippen LogP contribution in [-0.4, -0.2) is 28.0 Å². The van der Waals surface area contributed by atoms with Crippen LogP contribution in [0.1, 0.15) is 15.9 Å². The van der Waals surface area contributed by atoms with Crippen LogP contribution in [0.15, 0.2) is 42.7 Å². The molecule has 2 rings (SSSR count). The molecule has 0 aliphatic heterocycles. The van der Waals surface area contributed by atoms with Gasteiger partial charge in [0.05, 0.1) is 15.6 Å². The van der Waals surface area contributed by atoms with Crippen molar-refractivity contribution in [2.45, 2.75) is 12.5 Å². The lowest BCUT2D eigenvalue weighted by atomic mass is 10.1. The minimum absolute atomic E-state index is 0.0117. The molecule has 1 heterocycles. The highest BCUT2D eigenvalue weighted by Crippen LogP contribution is 2.22. The summed E-state index contributed by atoms with van der Waals surface area (Å²) in [6, 6.07) is 7.91. The maximum absolute atomic E-state index is 12.2. The van der Waals surface area contributed by atoms with E-state index in [4.69, 9.17) is 23.2 Å². The number of hydrogen-bond donors (Lipinski definition) is 2. The zero-order chi connectivity index (χ0) is 16.1. The Kier molecular flexibility index (Phi) is 5.35. The monoisotopic (exact) mass is 338 g/mol. The van der Waals surface area contributed by atoms with Crippen LogP contribution in [0.5, 0.6) is 0 Å². The number of carbonyl (C=O) groups excluding carboxylic acids is 1. The van der Waals surface area contributed by atoms with E-state index >= 15 is 0 Å². The first-order valence-corrected chi connectivity index (χ1v) is 7.11. The number of pyridine rings is 1. The fourth-order valence-electron chi connectivity index (χ4n) is 1.91. The summed E-state index contributed by atoms with van der Waals surface area (Å²) >= 11 is 11.8. The summed E-state index contributed by atoms with van der Waals surface area (Å²) in [5.74, 6) is -1.79. The zero-order valence-corrected chi connectivity index (χ0v) is 12.8. The SMILES string of the molecule is O=C(N[C@@H](Cc1ccccc1)C(=O)O)c1c(Cl)cncc1Cl. The Bertz CT molecular complexity index is 672. The van der Waals surface area contributed by atoms with Crippen LogP contribution < -0.4 is 5.32 Å². The second-order valence-electron chi connectivity index (χ2n) is 4.53. The van der Waals surface area contributed by atoms with Gasteiger partial charge in [-0.1, -0.05) is 53.5 Å². The van der Waals surface area contributed by atoms with Crippen LogP contribution in [0.25, 0.3) is 0 Å². The van der Waals surface area contributed by atoms with Gasteiger partial charge in [0.15, 0.2) is 0 Å². The van der Waals surface area contributed by atoms with E-state index < -0.39 is 17.9 Å². The van der Waals surface area contributed by atoms with E-state index in [2.05, 4.69) is 10.3 Å². The molecule has 0 aliphatic carbocycles. The van der Waals surface area contributed by atoms with Crippen molar-refractivity contribution in [3.8, 4) is 0 Å². The molecule has 1 atom stereocenters. The van der Waals surface area contributed by atoms with Gasteiger partial charge in [-0.3, -0.25) is 9.78 Å². The Balaban J connectivity index is 2.18. The van der Waals surface area contributed by atoms with E-state index in [1.54, 1.807) is 24.3 Å². The first-order valence-electron chi connectivity index (χ1n) is 6.35. The Morgan fingerprint density at radius 1 is 1.14 bits per heavy atom. The van der Waals surface area contributed by atoms with Crippen molar-refractivity contribution < 1.29 is 14.7 Å². The predicted octanol–water partition coefficient (Wildman–Crippen LogP) is 2.81. The Morgan fingerprint density at radius 3 is 2.27 bits per heavy atom. The summed E-state index contributed by atoms with van der Waals surface area (Å²) in [5.41, 5.74) is 0.805. The third kappa shape index (κ3) is 3.96. The number of benzene rings is 1. The van der Waals surface area contributed by atoms with Gasteiger partial charge in [0.2, 0.25) is 0 Å². The highest BCUT2D eigenvalue weighted by molar-refractivity contribution is 6.39. The van der Waals surface area contributed by atoms with Gasteiger partial charge < -0.3 is 10.4 Å². The molecule has 2 aromatic rings. The number of nitrogens with zero attached hydrogens (tertiary/aromatic N) is 1. The summed E-state index contributed by atoms with van der Waals surface area (Å²) in [5, 5.41) is 11.8. The van der Waals surface area contributed by atoms with Gasteiger partial charge in [-0.25, -0.2) is 4.79 Å². The highest BCUT2D eigenvalue weighted by Gasteiger charge is 2.23. The highest BCUT2D eigenvalue weighted by atomic mass is 35.5. The van der Waals surface area contributed by atoms with Gasteiger partial charge in [0, 0.05) is 18.8 Å². The normalized spacial score (nSPS) is 11.7. The molecule has 0 unspecified atom stereocenters. The van der Waals surface area contributed by atoms with Crippen LogP contribution in [0.3, 0.4) is 0 Å². The summed E-state index contributed by atoms with van der Waals surface area (Å²) in [6.07, 6.45) is 2.70. The lowest BCUT2D eigenvalue weighted by Gasteiger charge is -2.15. The molecule has 0 saturated carbocycles. The molecule has 0 fully saturated rings. The van der Waals surface area contributed by atoms with Crippen LogP contribution in [0.2, 0.25) is 10.0 Å². The molecule has 7 heteroatoms. The number of aliphatic carboxylic acids is 1. The number of halogens is 2. The number of rotatable bonds is 5. The lowest BCUT2D eigenvalue weighted by Crippen LogP contribution is -2.42. The number of amides is 1. The van der Waals surface area contributed by atoms with Crippen LogP contribution in [0, 0.1) is 0 Å². The van der Waals surface area contributed by atoms with E-state index in [1.807, 2.05) is 6.07 Å². The van der Waals surface area contributed by atoms with E-state index in [-0.39, 0.29) is 22.0 Å². The molecule has 1 aromatic heterocycles. The first-order chi connectivity index (χ1) is 10.5. The van der Waals surface area contributed by atoms with Gasteiger partial charge in [0.1, 0.15) is 6.04 Å². The van der Waals surface area contributed by atoms with Gasteiger partial charge in [-0.05, 0) is 5.56 Å². The van der Waals surface area contributed by atoms with E-state index in [9.17, 15) is 14.7 Å². The largest absolute Gasteiger partial charge is 0.480 e. The van der Waals surface area contributed by atoms with Crippen molar-refractivity contribution in [3.05, 3.63) is 63.9 Å². The van der Waals surface area contributed by atoms with Crippen molar-refractivity contribution in [3.63, 3.8) is 0 Å². The molecular formula is C15H12Cl2N2O3. The smallest absolute Gasteiger partial charge is 0.326 e. The third-order valence-corrected chi connectivity index (χ3v) is 3.54. The topological polar surface area (TPSA) is 79.3 Å². The average Bonchev–Trinajstić information content (AvgIpc) is 2.47. The second-order valence-corrected chi connectivity index (χ2v) is 5.35. The molecule has 0 aliphatic rings. The summed E-state index contributed by atoms with van der Waals surface area (Å²) < 4.78 is 0. The number of carboxylic acids is 1. The van der Waals surface area contributed by atoms with Gasteiger partial charge in [-0.2, -0.15) is 0 Å². The summed E-state index contributed by atoms with van der Waals surface area (Å²) in [4.78, 5) is 27.3. The van der Waals surface area contributed by atoms with E-state index in [0.717, 1.165) is 5.56 Å². The Labute approximate surface area is 136 Å². The van der Waals surface area contributed by atoms with Gasteiger partial charge >= 0.3 is 5.97 Å². The quantitative estimate of drug-likeness (QED) is 0.878. The Hall–Kier alpha value is -2.11. The number of aromatic nitrogens is 1. The third-order valence-electron chi connectivity index (χ3n) is 2.97. The molecule has 0 radical (unpaired) electrons. The van der Waals surface area contributed by atoms with Crippen LogP contribution in [-0.2, 0) is 11.2 Å². The Morgan fingerprint density at radius 2 is 1.73 bits per heavy atom. The van der Waals surface area contributed by atoms with Crippen molar-refractivity contribution in [1.82, 2.24) is 10.3 Å². The van der Waals surface area contributed by atoms with Crippen LogP contribution in [0.4, 0.5) is 0 Å². The molecular weight excluding hydrogens is 327 g/mol. The van der Waals surface area contributed by atoms with Gasteiger partial charge in [0.25, 0.3) is 5.91 Å². The number of hydrogen-bond acceptors (Lipinski definition) is 3. The van der Waals surface area contributed by atoms with Crippen molar-refractivity contribution in [2.75, 3.05) is 0 Å². The molecule has 5 nitrogen and oxygen atoms in total. The number of nitrogens with one attached hydrogen (secondary N) is 1. The second kappa shape index (κ2) is 7.24. The van der Waals surface area contributed by atoms with Crippen molar-refractivity contribution in [2.24, 2.45) is 0 Å². The lowest BCUT2D eigenvalue weighted by molar-refractivity contribution is -0.139. The summed E-state index contributed by atoms with van der Waals surface area (Å²) in [6.45, 7) is 0. The molecule has 2 N–H and O–H groups in total. The standard InChI is InChI=1S/C15H12Cl2N2O3/c16-10-7-18-8-11(17)13(10)14(20)19-12(15(21)22)6-9-4-2-1-3-5-9/h1-5,7-8,12H,6H2,(H,19,20)(H,21,22)/t12-/m0/s1. The zero-order valence-electron chi connectivity index (χ0n) is 11.3. The number of carboxylic acid groups (broad SMARTS) is 1. The van der Waals surface area contributed by atoms with E-state index in [0.29, 0.717) is 0 Å². The predicted molar refractivity (Wildman–Crippen MR) is 83.3 cm³/mol. The first kappa shape index (κ1) is 16.3. The molecule has 0 spiro atoms. The maximum atomic E-state index is 12.2. The molecule has 22 heavy (non-hydrogen) atoms. The van der Waals surface area contributed by atoms with Crippen LogP contribution >= 0.6 is 23.2 Å². The molecule has 0 bridgehead atoms. The molecule has 0 saturated heterocycles. The molecule has 114 valence electrons. The molecule has 1 aromatic carbocycles. The maximum Gasteiger partial charge on any atom is 0.326 e. The van der Waals surface area contributed by atoms with E-state index in [1.165, 1.54) is 12.4 Å². The average molecular weight is 339 g/mol. The minimum Gasteiger partial charge on any atom is -0.480 e. The van der Waals surface area contributed by atoms with Gasteiger partial charge in [-0.15, -0.1) is 0 Å². The van der Waals surface area contributed by atoms with Crippen molar-refractivity contribution in [1.29, 1.82) is 0 Å². The fraction of sp³-hybridized carbons (Fsp3) is 0.133. The minimum atomic E-state index is -1.14. The summed E-state index contributed by atoms with van der Waals surface area (Å²) in [7, 11) is 0. The molecule has 1 amide bonds. The van der Waals surface area contributed by atoms with Crippen molar-refractivity contribution >= 4 is 35.1 Å².